The van der Waals surface area contributed by atoms with Gasteiger partial charge in [-0.15, -0.1) is 0 Å². The molecule has 5 nitrogen and oxygen atoms in total. The van der Waals surface area contributed by atoms with Crippen LogP contribution in [-0.4, -0.2) is 35.0 Å². The van der Waals surface area contributed by atoms with Gasteiger partial charge >= 0.3 is 0 Å². The highest BCUT2D eigenvalue weighted by Crippen LogP contribution is 2.36. The summed E-state index contributed by atoms with van der Waals surface area (Å²) in [7, 11) is 0. The molecule has 1 saturated heterocycles. The van der Waals surface area contributed by atoms with Crippen molar-refractivity contribution >= 4 is 0 Å². The van der Waals surface area contributed by atoms with Crippen molar-refractivity contribution in [2.75, 3.05) is 19.9 Å². The Bertz CT molecular complexity index is 1020. The van der Waals surface area contributed by atoms with Crippen LogP contribution in [0.5, 0.6) is 11.5 Å². The van der Waals surface area contributed by atoms with Crippen molar-refractivity contribution in [2.24, 2.45) is 0 Å². The number of halogens is 2. The first kappa shape index (κ1) is 18.1. The van der Waals surface area contributed by atoms with Gasteiger partial charge in [-0.05, 0) is 49.2 Å². The second kappa shape index (κ2) is 7.48. The minimum absolute atomic E-state index is 0.0101. The number of benzene rings is 2. The maximum Gasteiger partial charge on any atom is 0.231 e. The second-order valence-electron chi connectivity index (χ2n) is 7.56. The molecule has 1 atom stereocenters. The minimum atomic E-state index is -0.569. The van der Waals surface area contributed by atoms with Gasteiger partial charge in [0.05, 0.1) is 11.8 Å². The highest BCUT2D eigenvalue weighted by Gasteiger charge is 2.27. The molecule has 0 bridgehead atoms. The first-order chi connectivity index (χ1) is 14.2. The highest BCUT2D eigenvalue weighted by atomic mass is 19.1. The number of piperidine rings is 1. The van der Waals surface area contributed by atoms with Crippen molar-refractivity contribution in [1.82, 2.24) is 15.1 Å². The summed E-state index contributed by atoms with van der Waals surface area (Å²) < 4.78 is 39.5. The standard InChI is InChI=1S/C22H21F2N3O2/c23-17-4-1-5-18(24)21(17)16-10-25-26-22(16)15-3-2-8-27(12-15)11-14-6-7-19-20(9-14)29-13-28-19/h1,4-7,9-10,15H,2-3,8,11-13H2,(H,25,26)/t15-/m1/s1. The molecule has 1 aromatic heterocycles. The lowest BCUT2D eigenvalue weighted by Crippen LogP contribution is -2.34. The van der Waals surface area contributed by atoms with Gasteiger partial charge in [0.15, 0.2) is 11.5 Å². The van der Waals surface area contributed by atoms with Gasteiger partial charge in [-0.3, -0.25) is 10.00 Å². The number of hydrogen-bond acceptors (Lipinski definition) is 4. The summed E-state index contributed by atoms with van der Waals surface area (Å²) >= 11 is 0. The lowest BCUT2D eigenvalue weighted by atomic mass is 9.90. The third kappa shape index (κ3) is 3.46. The largest absolute Gasteiger partial charge is 0.454 e. The van der Waals surface area contributed by atoms with Crippen molar-refractivity contribution in [3.05, 3.63) is 65.5 Å². The van der Waals surface area contributed by atoms with E-state index in [1.165, 1.54) is 24.4 Å². The van der Waals surface area contributed by atoms with E-state index >= 15 is 0 Å². The molecular formula is C22H21F2N3O2. The summed E-state index contributed by atoms with van der Waals surface area (Å²) in [6, 6.07) is 9.94. The van der Waals surface area contributed by atoms with E-state index in [9.17, 15) is 8.78 Å². The van der Waals surface area contributed by atoms with Crippen molar-refractivity contribution in [1.29, 1.82) is 0 Å². The average molecular weight is 397 g/mol. The Labute approximate surface area is 167 Å². The molecule has 29 heavy (non-hydrogen) atoms. The maximum atomic E-state index is 14.3. The molecule has 2 aliphatic heterocycles. The van der Waals surface area contributed by atoms with E-state index in [0.29, 0.717) is 5.56 Å². The summed E-state index contributed by atoms with van der Waals surface area (Å²) in [5, 5.41) is 7.10. The Morgan fingerprint density at radius 2 is 1.93 bits per heavy atom. The normalized spacial score (nSPS) is 18.9. The second-order valence-corrected chi connectivity index (χ2v) is 7.56. The molecule has 0 amide bonds. The van der Waals surface area contributed by atoms with Gasteiger partial charge in [-0.1, -0.05) is 12.1 Å². The predicted molar refractivity (Wildman–Crippen MR) is 104 cm³/mol. The van der Waals surface area contributed by atoms with E-state index in [1.54, 1.807) is 0 Å². The molecule has 0 unspecified atom stereocenters. The quantitative estimate of drug-likeness (QED) is 0.706. The number of rotatable bonds is 4. The van der Waals surface area contributed by atoms with Crippen LogP contribution in [0.1, 0.15) is 30.0 Å². The van der Waals surface area contributed by atoms with E-state index in [1.807, 2.05) is 18.2 Å². The molecule has 2 aromatic carbocycles. The van der Waals surface area contributed by atoms with Crippen LogP contribution in [0.25, 0.3) is 11.1 Å². The van der Waals surface area contributed by atoms with Crippen molar-refractivity contribution in [3.8, 4) is 22.6 Å². The Morgan fingerprint density at radius 1 is 1.10 bits per heavy atom. The first-order valence-electron chi connectivity index (χ1n) is 9.77. The van der Waals surface area contributed by atoms with E-state index in [2.05, 4.69) is 15.1 Å². The fraction of sp³-hybridized carbons (Fsp3) is 0.318. The molecule has 7 heteroatoms. The molecule has 0 aliphatic carbocycles. The molecule has 0 spiro atoms. The molecule has 0 radical (unpaired) electrons. The van der Waals surface area contributed by atoms with Crippen LogP contribution in [0.4, 0.5) is 8.78 Å². The summed E-state index contributed by atoms with van der Waals surface area (Å²) in [6.07, 6.45) is 3.48. The monoisotopic (exact) mass is 397 g/mol. The fourth-order valence-electron chi connectivity index (χ4n) is 4.29. The van der Waals surface area contributed by atoms with Crippen LogP contribution in [0.3, 0.4) is 0 Å². The topological polar surface area (TPSA) is 50.4 Å². The Kier molecular flexibility index (Phi) is 4.67. The van der Waals surface area contributed by atoms with Gasteiger partial charge in [-0.25, -0.2) is 8.78 Å². The van der Waals surface area contributed by atoms with Crippen LogP contribution in [-0.2, 0) is 6.54 Å². The van der Waals surface area contributed by atoms with E-state index < -0.39 is 11.6 Å². The number of fused-ring (bicyclic) bond motifs is 1. The molecular weight excluding hydrogens is 376 g/mol. The predicted octanol–water partition coefficient (Wildman–Crippen LogP) is 4.46. The van der Waals surface area contributed by atoms with Crippen LogP contribution >= 0.6 is 0 Å². The number of H-pyrrole nitrogens is 1. The van der Waals surface area contributed by atoms with Crippen LogP contribution in [0.2, 0.25) is 0 Å². The zero-order valence-corrected chi connectivity index (χ0v) is 15.8. The van der Waals surface area contributed by atoms with Crippen molar-refractivity contribution in [3.63, 3.8) is 0 Å². The molecule has 3 heterocycles. The minimum Gasteiger partial charge on any atom is -0.454 e. The number of aromatic nitrogens is 2. The van der Waals surface area contributed by atoms with Gasteiger partial charge in [-0.2, -0.15) is 5.10 Å². The number of ether oxygens (including phenoxy) is 2. The summed E-state index contributed by atoms with van der Waals surface area (Å²) in [5.74, 6) is 0.553. The third-order valence-electron chi connectivity index (χ3n) is 5.66. The summed E-state index contributed by atoms with van der Waals surface area (Å²) in [6.45, 7) is 2.81. The molecule has 0 saturated carbocycles. The number of likely N-dealkylation sites (tertiary alicyclic amines) is 1. The summed E-state index contributed by atoms with van der Waals surface area (Å²) in [5.41, 5.74) is 2.45. The number of aromatic amines is 1. The number of hydrogen-bond donors (Lipinski definition) is 1. The van der Waals surface area contributed by atoms with E-state index in [-0.39, 0.29) is 18.3 Å². The zero-order chi connectivity index (χ0) is 19.8. The molecule has 1 N–H and O–H groups in total. The van der Waals surface area contributed by atoms with Gasteiger partial charge in [0, 0.05) is 30.3 Å². The Morgan fingerprint density at radius 3 is 2.79 bits per heavy atom. The lowest BCUT2D eigenvalue weighted by molar-refractivity contribution is 0.173. The Hall–Kier alpha value is -2.93. The summed E-state index contributed by atoms with van der Waals surface area (Å²) in [4.78, 5) is 2.36. The van der Waals surface area contributed by atoms with Gasteiger partial charge in [0.1, 0.15) is 11.6 Å². The van der Waals surface area contributed by atoms with Crippen molar-refractivity contribution in [2.45, 2.75) is 25.3 Å². The molecule has 5 rings (SSSR count). The molecule has 2 aliphatic rings. The highest BCUT2D eigenvalue weighted by molar-refractivity contribution is 5.67. The smallest absolute Gasteiger partial charge is 0.231 e. The third-order valence-corrected chi connectivity index (χ3v) is 5.66. The van der Waals surface area contributed by atoms with Gasteiger partial charge < -0.3 is 9.47 Å². The van der Waals surface area contributed by atoms with Crippen LogP contribution < -0.4 is 9.47 Å². The van der Waals surface area contributed by atoms with Crippen molar-refractivity contribution < 1.29 is 18.3 Å². The average Bonchev–Trinajstić information content (AvgIpc) is 3.37. The van der Waals surface area contributed by atoms with Crippen LogP contribution in [0.15, 0.2) is 42.6 Å². The lowest BCUT2D eigenvalue weighted by Gasteiger charge is -2.32. The first-order valence-corrected chi connectivity index (χ1v) is 9.77. The molecule has 150 valence electrons. The van der Waals surface area contributed by atoms with Gasteiger partial charge in [0.2, 0.25) is 6.79 Å². The van der Waals surface area contributed by atoms with E-state index in [0.717, 1.165) is 55.2 Å². The maximum absolute atomic E-state index is 14.3. The molecule has 3 aromatic rings. The van der Waals surface area contributed by atoms with Gasteiger partial charge in [0.25, 0.3) is 0 Å². The van der Waals surface area contributed by atoms with Crippen LogP contribution in [0, 0.1) is 11.6 Å². The SMILES string of the molecule is Fc1cccc(F)c1-c1cn[nH]c1[C@@H]1CCCN(Cc2ccc3c(c2)OCO3)C1. The number of nitrogens with zero attached hydrogens (tertiary/aromatic N) is 2. The zero-order valence-electron chi connectivity index (χ0n) is 15.8. The molecule has 1 fully saturated rings. The Balaban J connectivity index is 1.36. The number of nitrogens with one attached hydrogen (secondary N) is 1. The van der Waals surface area contributed by atoms with E-state index in [4.69, 9.17) is 9.47 Å². The fourth-order valence-corrected chi connectivity index (χ4v) is 4.29.